The van der Waals surface area contributed by atoms with E-state index in [-0.39, 0.29) is 6.42 Å². The van der Waals surface area contributed by atoms with Gasteiger partial charge in [-0.1, -0.05) is 11.6 Å². The maximum Gasteiger partial charge on any atom is 0.275 e. The highest BCUT2D eigenvalue weighted by Gasteiger charge is 2.46. The minimum Gasteiger partial charge on any atom is -0.385 e. The van der Waals surface area contributed by atoms with Gasteiger partial charge in [0.25, 0.3) is 5.92 Å². The predicted molar refractivity (Wildman–Crippen MR) is 76.5 cm³/mol. The first kappa shape index (κ1) is 14.1. The van der Waals surface area contributed by atoms with Crippen LogP contribution in [0.25, 0.3) is 10.9 Å². The third-order valence-corrected chi connectivity index (χ3v) is 3.95. The SMILES string of the molecule is Cc1ccc2ncnc(N[C@@H]3CCCC(F)(F)[C@H]3O)c2c1. The number of aliphatic hydroxyl groups is 1. The molecule has 0 saturated heterocycles. The Balaban J connectivity index is 1.93. The van der Waals surface area contributed by atoms with Gasteiger partial charge in [0.05, 0.1) is 11.6 Å². The lowest BCUT2D eigenvalue weighted by Gasteiger charge is -2.35. The zero-order valence-corrected chi connectivity index (χ0v) is 11.7. The average molecular weight is 293 g/mol. The molecule has 0 amide bonds. The van der Waals surface area contributed by atoms with E-state index in [2.05, 4.69) is 15.3 Å². The van der Waals surface area contributed by atoms with Crippen molar-refractivity contribution >= 4 is 16.7 Å². The van der Waals surface area contributed by atoms with Gasteiger partial charge in [-0.15, -0.1) is 0 Å². The number of halogens is 2. The van der Waals surface area contributed by atoms with Crippen LogP contribution in [0.5, 0.6) is 0 Å². The van der Waals surface area contributed by atoms with Crippen LogP contribution in [0.1, 0.15) is 24.8 Å². The van der Waals surface area contributed by atoms with Crippen molar-refractivity contribution in [2.75, 3.05) is 5.32 Å². The van der Waals surface area contributed by atoms with E-state index in [0.29, 0.717) is 18.7 Å². The van der Waals surface area contributed by atoms with Gasteiger partial charge in [0.1, 0.15) is 18.2 Å². The number of fused-ring (bicyclic) bond motifs is 1. The van der Waals surface area contributed by atoms with E-state index >= 15 is 0 Å². The molecule has 0 spiro atoms. The number of aliphatic hydroxyl groups excluding tert-OH is 1. The number of nitrogens with one attached hydrogen (secondary N) is 1. The summed E-state index contributed by atoms with van der Waals surface area (Å²) in [5.74, 6) is -2.56. The third kappa shape index (κ3) is 2.68. The molecule has 6 heteroatoms. The Labute approximate surface area is 121 Å². The number of rotatable bonds is 2. The molecule has 1 aromatic carbocycles. The van der Waals surface area contributed by atoms with Crippen LogP contribution in [0.2, 0.25) is 0 Å². The molecule has 1 saturated carbocycles. The van der Waals surface area contributed by atoms with Gasteiger partial charge in [-0.25, -0.2) is 18.7 Å². The summed E-state index contributed by atoms with van der Waals surface area (Å²) in [6, 6.07) is 5.00. The molecule has 21 heavy (non-hydrogen) atoms. The summed E-state index contributed by atoms with van der Waals surface area (Å²) in [4.78, 5) is 8.31. The Bertz CT molecular complexity index is 662. The second kappa shape index (κ2) is 5.18. The first-order chi connectivity index (χ1) is 9.97. The fourth-order valence-corrected chi connectivity index (χ4v) is 2.77. The topological polar surface area (TPSA) is 58.0 Å². The number of hydrogen-bond donors (Lipinski definition) is 2. The zero-order valence-electron chi connectivity index (χ0n) is 11.7. The van der Waals surface area contributed by atoms with Crippen LogP contribution in [0.4, 0.5) is 14.6 Å². The molecule has 1 aliphatic rings. The highest BCUT2D eigenvalue weighted by atomic mass is 19.3. The highest BCUT2D eigenvalue weighted by Crippen LogP contribution is 2.35. The van der Waals surface area contributed by atoms with Gasteiger partial charge in [0.15, 0.2) is 0 Å². The van der Waals surface area contributed by atoms with Crippen LogP contribution in [0.15, 0.2) is 24.5 Å². The molecule has 1 heterocycles. The zero-order chi connectivity index (χ0) is 15.0. The first-order valence-electron chi connectivity index (χ1n) is 7.01. The molecule has 1 aliphatic carbocycles. The molecule has 3 rings (SSSR count). The van der Waals surface area contributed by atoms with Crippen molar-refractivity contribution in [2.45, 2.75) is 44.3 Å². The molecule has 112 valence electrons. The van der Waals surface area contributed by atoms with Crippen molar-refractivity contribution in [1.29, 1.82) is 0 Å². The molecule has 0 unspecified atom stereocenters. The number of anilines is 1. The second-order valence-corrected chi connectivity index (χ2v) is 5.59. The van der Waals surface area contributed by atoms with E-state index in [9.17, 15) is 13.9 Å². The van der Waals surface area contributed by atoms with Crippen molar-refractivity contribution in [2.24, 2.45) is 0 Å². The lowest BCUT2D eigenvalue weighted by atomic mass is 9.89. The van der Waals surface area contributed by atoms with Gasteiger partial charge < -0.3 is 10.4 Å². The summed E-state index contributed by atoms with van der Waals surface area (Å²) >= 11 is 0. The van der Waals surface area contributed by atoms with Gasteiger partial charge in [-0.2, -0.15) is 0 Å². The van der Waals surface area contributed by atoms with Crippen LogP contribution in [-0.4, -0.2) is 33.1 Å². The predicted octanol–water partition coefficient (Wildman–Crippen LogP) is 2.90. The molecule has 0 radical (unpaired) electrons. The molecule has 4 nitrogen and oxygen atoms in total. The summed E-state index contributed by atoms with van der Waals surface area (Å²) in [5, 5.41) is 13.6. The van der Waals surface area contributed by atoms with Crippen LogP contribution < -0.4 is 5.32 Å². The summed E-state index contributed by atoms with van der Waals surface area (Å²) in [5.41, 5.74) is 1.78. The molecule has 2 N–H and O–H groups in total. The number of aryl methyl sites for hydroxylation is 1. The van der Waals surface area contributed by atoms with E-state index < -0.39 is 18.1 Å². The minimum atomic E-state index is -3.05. The number of nitrogens with zero attached hydrogens (tertiary/aromatic N) is 2. The summed E-state index contributed by atoms with van der Waals surface area (Å²) in [6.45, 7) is 1.94. The van der Waals surface area contributed by atoms with Gasteiger partial charge >= 0.3 is 0 Å². The lowest BCUT2D eigenvalue weighted by Crippen LogP contribution is -2.49. The normalized spacial score (nSPS) is 25.0. The van der Waals surface area contributed by atoms with E-state index in [1.807, 2.05) is 25.1 Å². The quantitative estimate of drug-likeness (QED) is 0.894. The van der Waals surface area contributed by atoms with Crippen LogP contribution in [0, 0.1) is 6.92 Å². The number of aromatic nitrogens is 2. The molecule has 1 fully saturated rings. The Morgan fingerprint density at radius 2 is 2.14 bits per heavy atom. The summed E-state index contributed by atoms with van der Waals surface area (Å²) in [6.07, 6.45) is 0.308. The standard InChI is InChI=1S/C15H17F2N3O/c1-9-4-5-11-10(7-9)14(19-8-18-11)20-12-3-2-6-15(16,17)13(12)21/h4-5,7-8,12-13,21H,2-3,6H2,1H3,(H,18,19,20)/t12-,13+/m1/s1. The van der Waals surface area contributed by atoms with Gasteiger partial charge in [-0.3, -0.25) is 0 Å². The Kier molecular flexibility index (Phi) is 3.49. The van der Waals surface area contributed by atoms with Crippen molar-refractivity contribution in [1.82, 2.24) is 9.97 Å². The third-order valence-electron chi connectivity index (χ3n) is 3.95. The summed E-state index contributed by atoms with van der Waals surface area (Å²) < 4.78 is 27.2. The second-order valence-electron chi connectivity index (χ2n) is 5.59. The molecule has 2 atom stereocenters. The lowest BCUT2D eigenvalue weighted by molar-refractivity contribution is -0.135. The average Bonchev–Trinajstić information content (AvgIpc) is 2.44. The molecule has 0 aliphatic heterocycles. The van der Waals surface area contributed by atoms with E-state index in [0.717, 1.165) is 16.5 Å². The van der Waals surface area contributed by atoms with Gasteiger partial charge in [0, 0.05) is 11.8 Å². The number of alkyl halides is 2. The van der Waals surface area contributed by atoms with Crippen molar-refractivity contribution in [3.63, 3.8) is 0 Å². The molecular formula is C15H17F2N3O. The fourth-order valence-electron chi connectivity index (χ4n) is 2.77. The molecular weight excluding hydrogens is 276 g/mol. The van der Waals surface area contributed by atoms with Crippen LogP contribution in [-0.2, 0) is 0 Å². The number of hydrogen-bond acceptors (Lipinski definition) is 4. The van der Waals surface area contributed by atoms with Crippen molar-refractivity contribution in [3.05, 3.63) is 30.1 Å². The molecule has 2 aromatic rings. The maximum absolute atomic E-state index is 13.6. The van der Waals surface area contributed by atoms with Crippen LogP contribution in [0.3, 0.4) is 0 Å². The van der Waals surface area contributed by atoms with Crippen LogP contribution >= 0.6 is 0 Å². The van der Waals surface area contributed by atoms with Crippen molar-refractivity contribution in [3.8, 4) is 0 Å². The van der Waals surface area contributed by atoms with Gasteiger partial charge in [-0.05, 0) is 31.9 Å². The highest BCUT2D eigenvalue weighted by molar-refractivity contribution is 5.89. The largest absolute Gasteiger partial charge is 0.385 e. The first-order valence-corrected chi connectivity index (χ1v) is 7.01. The van der Waals surface area contributed by atoms with E-state index in [4.69, 9.17) is 0 Å². The number of benzene rings is 1. The van der Waals surface area contributed by atoms with Gasteiger partial charge in [0.2, 0.25) is 0 Å². The Hall–Kier alpha value is -1.82. The minimum absolute atomic E-state index is 0.268. The maximum atomic E-state index is 13.6. The Morgan fingerprint density at radius 3 is 2.95 bits per heavy atom. The fraction of sp³-hybridized carbons (Fsp3) is 0.467. The monoisotopic (exact) mass is 293 g/mol. The summed E-state index contributed by atoms with van der Waals surface area (Å²) in [7, 11) is 0. The van der Waals surface area contributed by atoms with E-state index in [1.165, 1.54) is 6.33 Å². The Morgan fingerprint density at radius 1 is 1.33 bits per heavy atom. The molecule has 1 aromatic heterocycles. The molecule has 0 bridgehead atoms. The van der Waals surface area contributed by atoms with Crippen molar-refractivity contribution < 1.29 is 13.9 Å². The smallest absolute Gasteiger partial charge is 0.275 e. The van der Waals surface area contributed by atoms with E-state index in [1.54, 1.807) is 0 Å².